The second-order valence-electron chi connectivity index (χ2n) is 9.78. The van der Waals surface area contributed by atoms with Gasteiger partial charge in [0.05, 0.1) is 14.2 Å². The number of nitrogens with zero attached hydrogens (tertiary/aromatic N) is 1. The number of fused-ring (bicyclic) bond motifs is 1. The molecule has 1 fully saturated rings. The second kappa shape index (κ2) is 12.0. The molecule has 2 unspecified atom stereocenters. The molecule has 0 radical (unpaired) electrons. The summed E-state index contributed by atoms with van der Waals surface area (Å²) in [6.07, 6.45) is 1.16. The van der Waals surface area contributed by atoms with Crippen LogP contribution in [0.5, 0.6) is 17.2 Å². The van der Waals surface area contributed by atoms with E-state index in [9.17, 15) is 0 Å². The number of methoxy groups -OCH3 is 2. The van der Waals surface area contributed by atoms with Crippen LogP contribution in [0.4, 0.5) is 0 Å². The van der Waals surface area contributed by atoms with Crippen LogP contribution in [0.15, 0.2) is 66.7 Å². The molecule has 3 aromatic carbocycles. The monoisotopic (exact) mass is 495 g/mol. The summed E-state index contributed by atoms with van der Waals surface area (Å²) in [6.45, 7) is 8.90. The number of rotatable bonds is 4. The quantitative estimate of drug-likeness (QED) is 0.361. The van der Waals surface area contributed by atoms with Gasteiger partial charge in [0.25, 0.3) is 0 Å². The van der Waals surface area contributed by atoms with E-state index in [1.807, 2.05) is 49.4 Å². The van der Waals surface area contributed by atoms with Crippen molar-refractivity contribution in [1.82, 2.24) is 4.90 Å². The molecule has 2 aliphatic rings. The van der Waals surface area contributed by atoms with Crippen molar-refractivity contribution in [3.63, 3.8) is 0 Å². The topological polar surface area (TPSA) is 30.9 Å². The first kappa shape index (κ1) is 26.4. The van der Waals surface area contributed by atoms with Crippen molar-refractivity contribution in [2.24, 2.45) is 5.92 Å². The van der Waals surface area contributed by atoms with E-state index in [-0.39, 0.29) is 6.10 Å². The number of allylic oxidation sites excluding steroid dienone is 1. The van der Waals surface area contributed by atoms with Gasteiger partial charge in [-0.05, 0) is 98.9 Å². The van der Waals surface area contributed by atoms with Crippen LogP contribution in [0.25, 0.3) is 11.1 Å². The van der Waals surface area contributed by atoms with Crippen LogP contribution in [0.2, 0.25) is 0 Å². The molecule has 5 rings (SSSR count). The van der Waals surface area contributed by atoms with Crippen molar-refractivity contribution in [3.05, 3.63) is 89.0 Å². The summed E-state index contributed by atoms with van der Waals surface area (Å²) < 4.78 is 17.5. The summed E-state index contributed by atoms with van der Waals surface area (Å²) in [7, 11) is 5.54. The van der Waals surface area contributed by atoms with E-state index in [4.69, 9.17) is 14.2 Å². The largest absolute Gasteiger partial charge is 0.497 e. The molecule has 0 amide bonds. The number of hydrogen-bond acceptors (Lipinski definition) is 4. The SMILES string of the molecule is CC#Cc1ccc(C2Oc3ccc(OC)cc3C(C)=C2c2cccc(OC)c2)cc1.CC1CCN(C)C1. The van der Waals surface area contributed by atoms with Crippen molar-refractivity contribution >= 4 is 11.1 Å². The Morgan fingerprint density at radius 2 is 1.68 bits per heavy atom. The van der Waals surface area contributed by atoms with Crippen molar-refractivity contribution in [2.45, 2.75) is 33.3 Å². The fraction of sp³-hybridized carbons (Fsp3) is 0.333. The Balaban J connectivity index is 0.000000396. The Morgan fingerprint density at radius 1 is 0.946 bits per heavy atom. The van der Waals surface area contributed by atoms with Crippen LogP contribution in [0.1, 0.15) is 55.5 Å². The number of benzene rings is 3. The van der Waals surface area contributed by atoms with E-state index in [2.05, 4.69) is 61.9 Å². The molecule has 192 valence electrons. The van der Waals surface area contributed by atoms with Crippen LogP contribution >= 0.6 is 0 Å². The average molecular weight is 496 g/mol. The van der Waals surface area contributed by atoms with Crippen LogP contribution in [0, 0.1) is 17.8 Å². The predicted octanol–water partition coefficient (Wildman–Crippen LogP) is 7.10. The summed E-state index contributed by atoms with van der Waals surface area (Å²) in [4.78, 5) is 2.38. The van der Waals surface area contributed by atoms with Gasteiger partial charge in [0.15, 0.2) is 0 Å². The highest BCUT2D eigenvalue weighted by molar-refractivity contribution is 5.95. The molecule has 2 aliphatic heterocycles. The van der Waals surface area contributed by atoms with Gasteiger partial charge in [-0.25, -0.2) is 0 Å². The Hall–Kier alpha value is -3.68. The van der Waals surface area contributed by atoms with Gasteiger partial charge in [0.1, 0.15) is 23.4 Å². The van der Waals surface area contributed by atoms with Crippen molar-refractivity contribution < 1.29 is 14.2 Å². The first-order valence-corrected chi connectivity index (χ1v) is 12.8. The summed E-state index contributed by atoms with van der Waals surface area (Å²) in [6, 6.07) is 22.3. The Labute approximate surface area is 221 Å². The Kier molecular flexibility index (Phi) is 8.58. The highest BCUT2D eigenvalue weighted by Crippen LogP contribution is 2.47. The van der Waals surface area contributed by atoms with Gasteiger partial charge in [-0.3, -0.25) is 0 Å². The molecule has 2 atom stereocenters. The minimum Gasteiger partial charge on any atom is -0.497 e. The van der Waals surface area contributed by atoms with Gasteiger partial charge in [0, 0.05) is 23.2 Å². The van der Waals surface area contributed by atoms with E-state index < -0.39 is 0 Å². The first-order chi connectivity index (χ1) is 17.9. The molecule has 2 heterocycles. The lowest BCUT2D eigenvalue weighted by Gasteiger charge is -2.31. The molecule has 4 nitrogen and oxygen atoms in total. The predicted molar refractivity (Wildman–Crippen MR) is 152 cm³/mol. The van der Waals surface area contributed by atoms with E-state index in [1.54, 1.807) is 14.2 Å². The highest BCUT2D eigenvalue weighted by atomic mass is 16.5. The van der Waals surface area contributed by atoms with Gasteiger partial charge in [-0.1, -0.05) is 37.1 Å². The van der Waals surface area contributed by atoms with Crippen molar-refractivity contribution in [3.8, 4) is 29.1 Å². The van der Waals surface area contributed by atoms with Gasteiger partial charge in [0.2, 0.25) is 0 Å². The summed E-state index contributed by atoms with van der Waals surface area (Å²) in [5.41, 5.74) is 6.45. The van der Waals surface area contributed by atoms with E-state index in [0.717, 1.165) is 56.6 Å². The molecule has 1 saturated heterocycles. The molecule has 3 aromatic rings. The van der Waals surface area contributed by atoms with E-state index in [0.29, 0.717) is 0 Å². The van der Waals surface area contributed by atoms with Gasteiger partial charge in [-0.15, -0.1) is 5.92 Å². The zero-order valence-corrected chi connectivity index (χ0v) is 22.8. The van der Waals surface area contributed by atoms with Crippen LogP contribution in [-0.4, -0.2) is 39.3 Å². The van der Waals surface area contributed by atoms with Gasteiger partial charge < -0.3 is 19.1 Å². The molecule has 0 aromatic heterocycles. The third-order valence-electron chi connectivity index (χ3n) is 6.99. The zero-order chi connectivity index (χ0) is 26.4. The fourth-order valence-electron chi connectivity index (χ4n) is 4.99. The smallest absolute Gasteiger partial charge is 0.150 e. The second-order valence-corrected chi connectivity index (χ2v) is 9.78. The first-order valence-electron chi connectivity index (χ1n) is 12.8. The van der Waals surface area contributed by atoms with Crippen molar-refractivity contribution in [1.29, 1.82) is 0 Å². The molecule has 0 saturated carbocycles. The van der Waals surface area contributed by atoms with Crippen LogP contribution < -0.4 is 14.2 Å². The number of hydrogen-bond donors (Lipinski definition) is 0. The zero-order valence-electron chi connectivity index (χ0n) is 22.8. The number of likely N-dealkylation sites (tertiary alicyclic amines) is 1. The lowest BCUT2D eigenvalue weighted by molar-refractivity contribution is 0.259. The maximum Gasteiger partial charge on any atom is 0.150 e. The minimum atomic E-state index is -0.235. The molecular weight excluding hydrogens is 458 g/mol. The van der Waals surface area contributed by atoms with E-state index >= 15 is 0 Å². The van der Waals surface area contributed by atoms with Crippen LogP contribution in [-0.2, 0) is 0 Å². The van der Waals surface area contributed by atoms with E-state index in [1.165, 1.54) is 19.5 Å². The molecule has 0 N–H and O–H groups in total. The molecule has 37 heavy (non-hydrogen) atoms. The molecule has 0 bridgehead atoms. The Bertz CT molecular complexity index is 1310. The molecular formula is C33H37NO3. The number of ether oxygens (including phenoxy) is 3. The molecule has 0 aliphatic carbocycles. The molecule has 4 heteroatoms. The average Bonchev–Trinajstić information content (AvgIpc) is 3.31. The van der Waals surface area contributed by atoms with Crippen LogP contribution in [0.3, 0.4) is 0 Å². The third kappa shape index (κ3) is 6.18. The van der Waals surface area contributed by atoms with Crippen molar-refractivity contribution in [2.75, 3.05) is 34.4 Å². The normalized spacial score (nSPS) is 18.5. The summed E-state index contributed by atoms with van der Waals surface area (Å²) in [5, 5.41) is 0. The Morgan fingerprint density at radius 3 is 2.27 bits per heavy atom. The summed E-state index contributed by atoms with van der Waals surface area (Å²) in [5.74, 6) is 9.47. The lowest BCUT2D eigenvalue weighted by atomic mass is 9.86. The maximum atomic E-state index is 6.54. The standard InChI is InChI=1S/C27H24O3.C6H13N/c1-5-7-19-10-12-20(13-11-19)27-26(21-8-6-9-22(16-21)28-3)18(2)24-17-23(29-4)14-15-25(24)30-27;1-6-3-4-7(2)5-6/h6,8-17,27H,1-4H3;6H,3-5H2,1-2H3. The van der Waals surface area contributed by atoms with Gasteiger partial charge in [-0.2, -0.15) is 0 Å². The minimum absolute atomic E-state index is 0.235. The molecule has 0 spiro atoms. The third-order valence-corrected chi connectivity index (χ3v) is 6.99. The summed E-state index contributed by atoms with van der Waals surface area (Å²) >= 11 is 0. The van der Waals surface area contributed by atoms with Gasteiger partial charge >= 0.3 is 0 Å². The fourth-order valence-corrected chi connectivity index (χ4v) is 4.99. The lowest BCUT2D eigenvalue weighted by Crippen LogP contribution is -2.16. The maximum absolute atomic E-state index is 6.54. The highest BCUT2D eigenvalue weighted by Gasteiger charge is 2.29.